The molecule has 0 amide bonds. The van der Waals surface area contributed by atoms with Gasteiger partial charge in [0.25, 0.3) is 10.0 Å². The molecule has 0 spiro atoms. The maximum Gasteiger partial charge on any atom is 0.264 e. The Hall–Kier alpha value is -2.64. The Bertz CT molecular complexity index is 1200. The number of rotatable bonds is 10. The molecule has 170 valence electrons. The van der Waals surface area contributed by atoms with Gasteiger partial charge in [-0.1, -0.05) is 54.1 Å². The summed E-state index contributed by atoms with van der Waals surface area (Å²) in [5.74, 6) is 0. The van der Waals surface area contributed by atoms with E-state index >= 15 is 0 Å². The summed E-state index contributed by atoms with van der Waals surface area (Å²) in [6.45, 7) is 9.37. The van der Waals surface area contributed by atoms with Crippen molar-refractivity contribution in [3.05, 3.63) is 97.2 Å². The number of allylic oxidation sites excluding steroid dienone is 1. The number of sulfonamides is 1. The Morgan fingerprint density at radius 1 is 0.969 bits per heavy atom. The second-order valence-corrected chi connectivity index (χ2v) is 11.8. The van der Waals surface area contributed by atoms with E-state index in [1.165, 1.54) is 4.31 Å². The van der Waals surface area contributed by atoms with Crippen molar-refractivity contribution in [2.45, 2.75) is 53.7 Å². The molecular weight excluding hydrogens is 442 g/mol. The molecule has 0 radical (unpaired) electrons. The highest BCUT2D eigenvalue weighted by Crippen LogP contribution is 2.38. The molecule has 2 aromatic rings. The molecule has 1 aliphatic heterocycles. The lowest BCUT2D eigenvalue weighted by molar-refractivity contribution is 0.394. The third-order valence-electron chi connectivity index (χ3n) is 5.61. The molecule has 0 bridgehead atoms. The number of benzene rings is 2. The molecule has 2 atom stereocenters. The maximum absolute atomic E-state index is 13.7. The smallest absolute Gasteiger partial charge is 0.264 e. The standard InChI is InChI=1S/C25H29NO4S2/c1-4-6-13-25(31(27,28)22-11-8-7-9-12-22)24-19-16-21(10-5-2)26(24)32(29,30)23-17-14-20(3)15-18-23/h4-5,7-9,11-12,14-15,17-19,21,25H,1-2,6,10,13,16H2,3H3/t21-,25+/m0/s1. The van der Waals surface area contributed by atoms with Crippen molar-refractivity contribution in [3.63, 3.8) is 0 Å². The Kier molecular flexibility index (Phi) is 7.41. The Morgan fingerprint density at radius 3 is 2.22 bits per heavy atom. The Balaban J connectivity index is 2.13. The summed E-state index contributed by atoms with van der Waals surface area (Å²) >= 11 is 0. The molecule has 0 aromatic heterocycles. The highest BCUT2D eigenvalue weighted by molar-refractivity contribution is 7.92. The number of aryl methyl sites for hydroxylation is 1. The molecule has 7 heteroatoms. The minimum Gasteiger partial charge on any atom is -0.265 e. The van der Waals surface area contributed by atoms with Crippen molar-refractivity contribution < 1.29 is 16.8 Å². The van der Waals surface area contributed by atoms with Gasteiger partial charge < -0.3 is 0 Å². The highest BCUT2D eigenvalue weighted by atomic mass is 32.2. The summed E-state index contributed by atoms with van der Waals surface area (Å²) in [6.07, 6.45) is 6.62. The summed E-state index contributed by atoms with van der Waals surface area (Å²) in [4.78, 5) is 0.319. The first-order valence-electron chi connectivity index (χ1n) is 10.6. The number of nitrogens with zero attached hydrogens (tertiary/aromatic N) is 1. The molecular formula is C25H29NO4S2. The highest BCUT2D eigenvalue weighted by Gasteiger charge is 2.43. The van der Waals surface area contributed by atoms with E-state index in [-0.39, 0.29) is 16.2 Å². The van der Waals surface area contributed by atoms with Crippen LogP contribution in [0.2, 0.25) is 0 Å². The van der Waals surface area contributed by atoms with Crippen LogP contribution >= 0.6 is 0 Å². The summed E-state index contributed by atoms with van der Waals surface area (Å²) < 4.78 is 56.0. The molecule has 0 fully saturated rings. The van der Waals surface area contributed by atoms with Gasteiger partial charge in [-0.2, -0.15) is 0 Å². The van der Waals surface area contributed by atoms with Crippen LogP contribution in [0.5, 0.6) is 0 Å². The van der Waals surface area contributed by atoms with E-state index in [1.54, 1.807) is 72.8 Å². The summed E-state index contributed by atoms with van der Waals surface area (Å²) in [7, 11) is -7.79. The summed E-state index contributed by atoms with van der Waals surface area (Å²) in [5.41, 5.74) is 1.25. The zero-order valence-corrected chi connectivity index (χ0v) is 19.9. The van der Waals surface area contributed by atoms with Gasteiger partial charge in [-0.3, -0.25) is 4.31 Å². The molecule has 32 heavy (non-hydrogen) atoms. The van der Waals surface area contributed by atoms with Crippen LogP contribution in [0, 0.1) is 6.92 Å². The van der Waals surface area contributed by atoms with Gasteiger partial charge in [0.15, 0.2) is 9.84 Å². The van der Waals surface area contributed by atoms with Gasteiger partial charge in [0, 0.05) is 5.70 Å². The molecule has 0 saturated carbocycles. The first kappa shape index (κ1) is 24.0. The van der Waals surface area contributed by atoms with Gasteiger partial charge in [-0.25, -0.2) is 16.8 Å². The van der Waals surface area contributed by atoms with Crippen molar-refractivity contribution in [2.24, 2.45) is 0 Å². The van der Waals surface area contributed by atoms with Gasteiger partial charge in [0.05, 0.1) is 15.8 Å². The van der Waals surface area contributed by atoms with Crippen molar-refractivity contribution >= 4 is 19.9 Å². The fourth-order valence-electron chi connectivity index (χ4n) is 3.98. The minimum atomic E-state index is -3.96. The van der Waals surface area contributed by atoms with Crippen molar-refractivity contribution in [1.82, 2.24) is 4.31 Å². The number of hydrogen-bond donors (Lipinski definition) is 0. The lowest BCUT2D eigenvalue weighted by Gasteiger charge is -2.32. The number of sulfone groups is 1. The fourth-order valence-corrected chi connectivity index (χ4v) is 7.63. The van der Waals surface area contributed by atoms with Gasteiger partial charge >= 0.3 is 0 Å². The molecule has 0 N–H and O–H groups in total. The monoisotopic (exact) mass is 471 g/mol. The van der Waals surface area contributed by atoms with Crippen molar-refractivity contribution in [1.29, 1.82) is 0 Å². The lowest BCUT2D eigenvalue weighted by atomic mass is 10.2. The van der Waals surface area contributed by atoms with Crippen molar-refractivity contribution in [3.8, 4) is 0 Å². The predicted octanol–water partition coefficient (Wildman–Crippen LogP) is 5.03. The first-order chi connectivity index (χ1) is 15.2. The SMILES string of the molecule is C=CCC[C@H](C1=CC[C@H](CC=C)N1S(=O)(=O)c1ccc(C)cc1)S(=O)(=O)c1ccccc1. The van der Waals surface area contributed by atoms with E-state index in [1.807, 2.05) is 6.92 Å². The normalized spacial score (nSPS) is 17.6. The molecule has 1 heterocycles. The zero-order chi connectivity index (χ0) is 23.4. The van der Waals surface area contributed by atoms with Gasteiger partial charge in [-0.15, -0.1) is 13.2 Å². The van der Waals surface area contributed by atoms with Gasteiger partial charge in [0.2, 0.25) is 0 Å². The maximum atomic E-state index is 13.7. The summed E-state index contributed by atoms with van der Waals surface area (Å²) in [6, 6.07) is 14.4. The Morgan fingerprint density at radius 2 is 1.62 bits per heavy atom. The molecule has 0 aliphatic carbocycles. The van der Waals surface area contributed by atoms with Crippen LogP contribution in [-0.4, -0.2) is 32.4 Å². The van der Waals surface area contributed by atoms with Crippen LogP contribution < -0.4 is 0 Å². The third-order valence-corrected chi connectivity index (χ3v) is 9.66. The topological polar surface area (TPSA) is 71.5 Å². The minimum absolute atomic E-state index is 0.143. The molecule has 0 unspecified atom stereocenters. The van der Waals surface area contributed by atoms with Crippen LogP contribution in [0.15, 0.2) is 101 Å². The van der Waals surface area contributed by atoms with E-state index in [0.717, 1.165) is 5.56 Å². The molecule has 3 rings (SSSR count). The predicted molar refractivity (Wildman–Crippen MR) is 128 cm³/mol. The average Bonchev–Trinajstić information content (AvgIpc) is 3.19. The number of hydrogen-bond acceptors (Lipinski definition) is 4. The fraction of sp³-hybridized carbons (Fsp3) is 0.280. The van der Waals surface area contributed by atoms with Gasteiger partial charge in [-0.05, 0) is 56.9 Å². The quantitative estimate of drug-likeness (QED) is 0.456. The van der Waals surface area contributed by atoms with E-state index in [4.69, 9.17) is 0 Å². The molecule has 5 nitrogen and oxygen atoms in total. The van der Waals surface area contributed by atoms with Gasteiger partial charge in [0.1, 0.15) is 5.25 Å². The summed E-state index contributed by atoms with van der Waals surface area (Å²) in [5, 5.41) is -1.00. The lowest BCUT2D eigenvalue weighted by Crippen LogP contribution is -2.41. The largest absolute Gasteiger partial charge is 0.265 e. The molecule has 1 aliphatic rings. The molecule has 0 saturated heterocycles. The second kappa shape index (κ2) is 9.88. The van der Waals surface area contributed by atoms with Crippen LogP contribution in [-0.2, 0) is 19.9 Å². The molecule has 2 aromatic carbocycles. The van der Waals surface area contributed by atoms with E-state index in [2.05, 4.69) is 13.2 Å². The first-order valence-corrected chi connectivity index (χ1v) is 13.5. The zero-order valence-electron chi connectivity index (χ0n) is 18.2. The van der Waals surface area contributed by atoms with Crippen LogP contribution in [0.1, 0.15) is 31.2 Å². The van der Waals surface area contributed by atoms with Crippen LogP contribution in [0.25, 0.3) is 0 Å². The van der Waals surface area contributed by atoms with Crippen molar-refractivity contribution in [2.75, 3.05) is 0 Å². The van der Waals surface area contributed by atoms with E-state index in [9.17, 15) is 16.8 Å². The third kappa shape index (κ3) is 4.74. The van der Waals surface area contributed by atoms with Crippen LogP contribution in [0.4, 0.5) is 0 Å². The average molecular weight is 472 g/mol. The Labute approximate surface area is 191 Å². The van der Waals surface area contributed by atoms with Crippen LogP contribution in [0.3, 0.4) is 0 Å². The van der Waals surface area contributed by atoms with E-state index < -0.39 is 31.2 Å². The van der Waals surface area contributed by atoms with E-state index in [0.29, 0.717) is 25.0 Å². The second-order valence-electron chi connectivity index (χ2n) is 7.87.